The Hall–Kier alpha value is -3.37. The molecule has 2 aromatic heterocycles. The molecule has 0 bridgehead atoms. The summed E-state index contributed by atoms with van der Waals surface area (Å²) in [6, 6.07) is 9.23. The van der Waals surface area contributed by atoms with Crippen molar-refractivity contribution in [2.75, 3.05) is 52.5 Å². The normalized spacial score (nSPS) is 17.3. The van der Waals surface area contributed by atoms with Gasteiger partial charge in [0.05, 0.1) is 31.2 Å². The molecule has 3 heterocycles. The van der Waals surface area contributed by atoms with Gasteiger partial charge in [0.1, 0.15) is 12.4 Å². The van der Waals surface area contributed by atoms with Gasteiger partial charge in [-0.3, -0.25) is 9.36 Å². The summed E-state index contributed by atoms with van der Waals surface area (Å²) in [6.45, 7) is 4.39. The highest BCUT2D eigenvalue weighted by Crippen LogP contribution is 2.37. The van der Waals surface area contributed by atoms with Gasteiger partial charge in [0, 0.05) is 44.0 Å². The number of hydrogen-bond acceptors (Lipinski definition) is 8. The molecule has 10 nitrogen and oxygen atoms in total. The molecule has 3 aromatic rings. The molecule has 1 amide bonds. The number of methoxy groups -OCH3 is 2. The Labute approximate surface area is 215 Å². The number of aromatic nitrogens is 4. The van der Waals surface area contributed by atoms with Crippen molar-refractivity contribution in [1.82, 2.24) is 25.1 Å². The summed E-state index contributed by atoms with van der Waals surface area (Å²) in [4.78, 5) is 19.1. The Morgan fingerprint density at radius 1 is 1.22 bits per heavy atom. The van der Waals surface area contributed by atoms with Crippen molar-refractivity contribution in [2.45, 2.75) is 19.9 Å². The van der Waals surface area contributed by atoms with Crippen LogP contribution in [0.2, 0.25) is 5.02 Å². The summed E-state index contributed by atoms with van der Waals surface area (Å²) in [6.07, 6.45) is 2.40. The lowest BCUT2D eigenvalue weighted by Gasteiger charge is -2.24. The molecule has 1 aromatic carbocycles. The van der Waals surface area contributed by atoms with Crippen LogP contribution >= 0.6 is 11.6 Å². The second-order valence-corrected chi connectivity index (χ2v) is 9.31. The maximum Gasteiger partial charge on any atom is 0.227 e. The fourth-order valence-electron chi connectivity index (χ4n) is 4.41. The fourth-order valence-corrected chi connectivity index (χ4v) is 4.57. The first-order chi connectivity index (χ1) is 17.4. The Morgan fingerprint density at radius 3 is 2.81 bits per heavy atom. The van der Waals surface area contributed by atoms with E-state index in [1.807, 2.05) is 29.7 Å². The molecule has 1 aliphatic rings. The van der Waals surface area contributed by atoms with Gasteiger partial charge in [-0.25, -0.2) is 4.98 Å². The van der Waals surface area contributed by atoms with Crippen LogP contribution < -0.4 is 19.7 Å². The lowest BCUT2D eigenvalue weighted by atomic mass is 9.89. The van der Waals surface area contributed by atoms with E-state index in [4.69, 9.17) is 25.8 Å². The first-order valence-corrected chi connectivity index (χ1v) is 12.1. The van der Waals surface area contributed by atoms with E-state index >= 15 is 0 Å². The summed E-state index contributed by atoms with van der Waals surface area (Å²) >= 11 is 6.21. The molecule has 1 N–H and O–H groups in total. The topological polar surface area (TPSA) is 104 Å². The second kappa shape index (κ2) is 11.1. The van der Waals surface area contributed by atoms with Crippen LogP contribution in [-0.4, -0.2) is 73.2 Å². The van der Waals surface area contributed by atoms with E-state index in [9.17, 15) is 4.79 Å². The average molecular weight is 515 g/mol. The van der Waals surface area contributed by atoms with Crippen LogP contribution in [-0.2, 0) is 16.1 Å². The molecule has 1 unspecified atom stereocenters. The third-order valence-corrected chi connectivity index (χ3v) is 6.61. The van der Waals surface area contributed by atoms with E-state index < -0.39 is 5.41 Å². The molecule has 1 atom stereocenters. The van der Waals surface area contributed by atoms with Gasteiger partial charge in [-0.1, -0.05) is 17.7 Å². The summed E-state index contributed by atoms with van der Waals surface area (Å²) < 4.78 is 18.6. The summed E-state index contributed by atoms with van der Waals surface area (Å²) in [5.74, 6) is 2.37. The van der Waals surface area contributed by atoms with Crippen molar-refractivity contribution in [3.8, 4) is 23.0 Å². The largest absolute Gasteiger partial charge is 0.496 e. The first kappa shape index (κ1) is 25.7. The first-order valence-electron chi connectivity index (χ1n) is 11.7. The van der Waals surface area contributed by atoms with Crippen LogP contribution in [0.3, 0.4) is 0 Å². The number of carbonyl (C=O) groups excluding carboxylic acids is 1. The molecule has 0 radical (unpaired) electrons. The Morgan fingerprint density at radius 2 is 2.06 bits per heavy atom. The monoisotopic (exact) mass is 514 g/mol. The van der Waals surface area contributed by atoms with Gasteiger partial charge < -0.3 is 24.4 Å². The second-order valence-electron chi connectivity index (χ2n) is 8.87. The van der Waals surface area contributed by atoms with Gasteiger partial charge in [-0.05, 0) is 37.6 Å². The molecule has 192 valence electrons. The minimum atomic E-state index is -0.521. The van der Waals surface area contributed by atoms with E-state index in [1.165, 1.54) is 0 Å². The van der Waals surface area contributed by atoms with Crippen LogP contribution in [0.5, 0.6) is 11.6 Å². The standard InChI is InChI=1S/C25H31ClN6O4/c1-25(23(33)27-2)9-11-31(16-25)24-30-29-21(19-8-7-18(26)14-20(19)35-4)32(24)15-17-6-5-10-28-22(17)36-13-12-34-3/h5-8,10,14H,9,11-13,15-16H2,1-4H3,(H,27,33). The van der Waals surface area contributed by atoms with E-state index in [0.717, 1.165) is 11.1 Å². The number of nitrogens with one attached hydrogen (secondary N) is 1. The number of benzene rings is 1. The zero-order chi connectivity index (χ0) is 25.7. The molecule has 1 saturated heterocycles. The number of halogens is 1. The summed E-state index contributed by atoms with van der Waals surface area (Å²) in [5, 5.41) is 12.5. The Balaban J connectivity index is 1.77. The van der Waals surface area contributed by atoms with Crippen LogP contribution in [0.15, 0.2) is 36.5 Å². The molecule has 4 rings (SSSR count). The Kier molecular flexibility index (Phi) is 7.95. The summed E-state index contributed by atoms with van der Waals surface area (Å²) in [7, 11) is 4.88. The van der Waals surface area contributed by atoms with Crippen LogP contribution in [0, 0.1) is 5.41 Å². The predicted octanol–water partition coefficient (Wildman–Crippen LogP) is 3.04. The predicted molar refractivity (Wildman–Crippen MR) is 137 cm³/mol. The van der Waals surface area contributed by atoms with Gasteiger partial charge >= 0.3 is 0 Å². The van der Waals surface area contributed by atoms with Crippen molar-refractivity contribution >= 4 is 23.5 Å². The number of nitrogens with zero attached hydrogens (tertiary/aromatic N) is 5. The summed E-state index contributed by atoms with van der Waals surface area (Å²) in [5.41, 5.74) is 1.09. The van der Waals surface area contributed by atoms with Gasteiger partial charge in [0.25, 0.3) is 0 Å². The molecule has 1 aliphatic heterocycles. The lowest BCUT2D eigenvalue weighted by molar-refractivity contribution is -0.128. The number of hydrogen-bond donors (Lipinski definition) is 1. The molecular weight excluding hydrogens is 484 g/mol. The van der Waals surface area contributed by atoms with E-state index in [-0.39, 0.29) is 5.91 Å². The number of ether oxygens (including phenoxy) is 3. The molecule has 36 heavy (non-hydrogen) atoms. The van der Waals surface area contributed by atoms with Crippen LogP contribution in [0.1, 0.15) is 18.9 Å². The zero-order valence-electron chi connectivity index (χ0n) is 21.0. The molecule has 1 fully saturated rings. The minimum absolute atomic E-state index is 0.0109. The molecule has 0 aliphatic carbocycles. The minimum Gasteiger partial charge on any atom is -0.496 e. The lowest BCUT2D eigenvalue weighted by Crippen LogP contribution is -2.39. The number of pyridine rings is 1. The van der Waals surface area contributed by atoms with Crippen molar-refractivity contribution in [2.24, 2.45) is 5.41 Å². The van der Waals surface area contributed by atoms with E-state index in [1.54, 1.807) is 39.6 Å². The highest BCUT2D eigenvalue weighted by molar-refractivity contribution is 6.30. The number of amides is 1. The SMILES string of the molecule is CNC(=O)C1(C)CCN(c2nnc(-c3ccc(Cl)cc3OC)n2Cc2cccnc2OCCOC)C1. The van der Waals surface area contributed by atoms with Crippen LogP contribution in [0.4, 0.5) is 5.95 Å². The molecule has 0 saturated carbocycles. The molecule has 11 heteroatoms. The number of carbonyl (C=O) groups is 1. The van der Waals surface area contributed by atoms with Crippen molar-refractivity contribution < 1.29 is 19.0 Å². The van der Waals surface area contributed by atoms with Crippen LogP contribution in [0.25, 0.3) is 11.4 Å². The Bertz CT molecular complexity index is 1220. The number of rotatable bonds is 10. The fraction of sp³-hybridized carbons (Fsp3) is 0.440. The quantitative estimate of drug-likeness (QED) is 0.412. The third-order valence-electron chi connectivity index (χ3n) is 6.37. The third kappa shape index (κ3) is 5.24. The van der Waals surface area contributed by atoms with Crippen molar-refractivity contribution in [3.63, 3.8) is 0 Å². The highest BCUT2D eigenvalue weighted by Gasteiger charge is 2.41. The maximum atomic E-state index is 12.6. The smallest absolute Gasteiger partial charge is 0.227 e. The van der Waals surface area contributed by atoms with Gasteiger partial charge in [0.2, 0.25) is 17.7 Å². The van der Waals surface area contributed by atoms with Gasteiger partial charge in [-0.2, -0.15) is 0 Å². The van der Waals surface area contributed by atoms with Gasteiger partial charge in [0.15, 0.2) is 5.82 Å². The molecule has 0 spiro atoms. The van der Waals surface area contributed by atoms with E-state index in [2.05, 4.69) is 25.4 Å². The number of anilines is 1. The van der Waals surface area contributed by atoms with Crippen molar-refractivity contribution in [1.29, 1.82) is 0 Å². The molecular formula is C25H31ClN6O4. The maximum absolute atomic E-state index is 12.6. The zero-order valence-corrected chi connectivity index (χ0v) is 21.7. The van der Waals surface area contributed by atoms with Gasteiger partial charge in [-0.15, -0.1) is 10.2 Å². The average Bonchev–Trinajstić information content (AvgIpc) is 3.48. The highest BCUT2D eigenvalue weighted by atomic mass is 35.5. The van der Waals surface area contributed by atoms with Crippen molar-refractivity contribution in [3.05, 3.63) is 47.1 Å². The van der Waals surface area contributed by atoms with E-state index in [0.29, 0.717) is 67.7 Å².